The Morgan fingerprint density at radius 1 is 1.38 bits per heavy atom. The molecule has 1 aliphatic heterocycles. The average Bonchev–Trinajstić information content (AvgIpc) is 2.43. The van der Waals surface area contributed by atoms with E-state index in [4.69, 9.17) is 11.6 Å². The average molecular weight is 376 g/mol. The van der Waals surface area contributed by atoms with Crippen LogP contribution in [-0.4, -0.2) is 35.1 Å². The largest absolute Gasteiger partial charge is 0.481 e. The van der Waals surface area contributed by atoms with Crippen molar-refractivity contribution in [3.63, 3.8) is 0 Å². The number of carbonyl (C=O) groups is 2. The van der Waals surface area contributed by atoms with Gasteiger partial charge in [0.2, 0.25) is 0 Å². The quantitative estimate of drug-likeness (QED) is 0.825. The van der Waals surface area contributed by atoms with E-state index >= 15 is 0 Å². The third kappa shape index (κ3) is 3.68. The number of nitrogens with zero attached hydrogens (tertiary/aromatic N) is 1. The van der Waals surface area contributed by atoms with E-state index in [1.807, 2.05) is 0 Å². The molecule has 1 aromatic carbocycles. The van der Waals surface area contributed by atoms with Gasteiger partial charge in [0.1, 0.15) is 0 Å². The standard InChI is InChI=1S/C14H16BrClN2O3/c1-14(12(19)20)4-6-18(7-5-14)13(21)17-11-8-9(16)2-3-10(11)15/h2-3,8H,4-7H2,1H3,(H,17,21)(H,19,20). The SMILES string of the molecule is CC1(C(=O)O)CCN(C(=O)Nc2cc(Cl)ccc2Br)CC1. The molecule has 1 fully saturated rings. The van der Waals surface area contributed by atoms with Gasteiger partial charge in [0.25, 0.3) is 0 Å². The number of halogens is 2. The summed E-state index contributed by atoms with van der Waals surface area (Å²) in [4.78, 5) is 25.0. The number of benzene rings is 1. The molecule has 21 heavy (non-hydrogen) atoms. The summed E-state index contributed by atoms with van der Waals surface area (Å²) >= 11 is 9.26. The number of anilines is 1. The Bertz CT molecular complexity index is 571. The Labute approximate surface area is 136 Å². The third-order valence-electron chi connectivity index (χ3n) is 3.84. The van der Waals surface area contributed by atoms with Gasteiger partial charge in [0.15, 0.2) is 0 Å². The van der Waals surface area contributed by atoms with E-state index in [9.17, 15) is 14.7 Å². The lowest BCUT2D eigenvalue weighted by Crippen LogP contribution is -2.46. The second kappa shape index (κ2) is 6.23. The van der Waals surface area contributed by atoms with E-state index in [1.165, 1.54) is 0 Å². The van der Waals surface area contributed by atoms with Gasteiger partial charge in [-0.1, -0.05) is 11.6 Å². The summed E-state index contributed by atoms with van der Waals surface area (Å²) in [6, 6.07) is 4.90. The Balaban J connectivity index is 2.00. The molecule has 0 aliphatic carbocycles. The van der Waals surface area contributed by atoms with Gasteiger partial charge in [0, 0.05) is 22.6 Å². The molecule has 0 aromatic heterocycles. The lowest BCUT2D eigenvalue weighted by atomic mass is 9.80. The highest BCUT2D eigenvalue weighted by atomic mass is 79.9. The van der Waals surface area contributed by atoms with Crippen molar-refractivity contribution in [1.29, 1.82) is 0 Å². The molecule has 1 aromatic rings. The molecule has 0 unspecified atom stereocenters. The first-order valence-electron chi connectivity index (χ1n) is 6.56. The predicted molar refractivity (Wildman–Crippen MR) is 84.7 cm³/mol. The minimum Gasteiger partial charge on any atom is -0.481 e. The lowest BCUT2D eigenvalue weighted by molar-refractivity contribution is -0.150. The summed E-state index contributed by atoms with van der Waals surface area (Å²) in [5.74, 6) is -0.805. The zero-order valence-corrected chi connectivity index (χ0v) is 13.9. The van der Waals surface area contributed by atoms with Gasteiger partial charge >= 0.3 is 12.0 Å². The number of nitrogens with one attached hydrogen (secondary N) is 1. The molecule has 2 rings (SSSR count). The molecule has 0 radical (unpaired) electrons. The smallest absolute Gasteiger partial charge is 0.321 e. The van der Waals surface area contributed by atoms with E-state index in [2.05, 4.69) is 21.2 Å². The normalized spacial score (nSPS) is 17.4. The number of urea groups is 1. The van der Waals surface area contributed by atoms with Crippen LogP contribution in [0.2, 0.25) is 5.02 Å². The molecule has 0 bridgehead atoms. The summed E-state index contributed by atoms with van der Waals surface area (Å²) in [5.41, 5.74) is -0.146. The highest BCUT2D eigenvalue weighted by Crippen LogP contribution is 2.32. The highest BCUT2D eigenvalue weighted by molar-refractivity contribution is 9.10. The van der Waals surface area contributed by atoms with Gasteiger partial charge in [-0.3, -0.25) is 4.79 Å². The molecule has 0 atom stereocenters. The van der Waals surface area contributed by atoms with Crippen molar-refractivity contribution in [2.75, 3.05) is 18.4 Å². The van der Waals surface area contributed by atoms with E-state index in [-0.39, 0.29) is 6.03 Å². The van der Waals surface area contributed by atoms with Crippen LogP contribution in [0.15, 0.2) is 22.7 Å². The van der Waals surface area contributed by atoms with E-state index in [1.54, 1.807) is 30.0 Å². The minimum absolute atomic E-state index is 0.245. The number of rotatable bonds is 2. The Kier molecular flexibility index (Phi) is 4.78. The number of carboxylic acid groups (broad SMARTS) is 1. The molecule has 1 aliphatic rings. The maximum Gasteiger partial charge on any atom is 0.321 e. The number of hydrogen-bond acceptors (Lipinski definition) is 2. The van der Waals surface area contributed by atoms with Gasteiger partial charge in [-0.05, 0) is 53.9 Å². The van der Waals surface area contributed by atoms with Crippen molar-refractivity contribution in [2.45, 2.75) is 19.8 Å². The van der Waals surface area contributed by atoms with Crippen LogP contribution in [0.4, 0.5) is 10.5 Å². The summed E-state index contributed by atoms with van der Waals surface area (Å²) in [7, 11) is 0. The molecule has 7 heteroatoms. The summed E-state index contributed by atoms with van der Waals surface area (Å²) < 4.78 is 0.743. The molecule has 1 heterocycles. The zero-order valence-electron chi connectivity index (χ0n) is 11.5. The first-order valence-corrected chi connectivity index (χ1v) is 7.73. The maximum absolute atomic E-state index is 12.2. The third-order valence-corrected chi connectivity index (χ3v) is 4.77. The Hall–Kier alpha value is -1.27. The number of amides is 2. The number of likely N-dealkylation sites (tertiary alicyclic amines) is 1. The summed E-state index contributed by atoms with van der Waals surface area (Å²) in [6.45, 7) is 2.57. The number of carboxylic acids is 1. The fraction of sp³-hybridized carbons (Fsp3) is 0.429. The van der Waals surface area contributed by atoms with Crippen molar-refractivity contribution < 1.29 is 14.7 Å². The monoisotopic (exact) mass is 374 g/mol. The zero-order chi connectivity index (χ0) is 15.6. The molecule has 0 saturated carbocycles. The van der Waals surface area contributed by atoms with Gasteiger partial charge in [0.05, 0.1) is 11.1 Å². The van der Waals surface area contributed by atoms with Crippen LogP contribution < -0.4 is 5.32 Å². The van der Waals surface area contributed by atoms with Gasteiger partial charge in [-0.25, -0.2) is 4.79 Å². The fourth-order valence-corrected chi connectivity index (χ4v) is 2.72. The number of aliphatic carboxylic acids is 1. The van der Waals surface area contributed by atoms with Crippen LogP contribution in [0.3, 0.4) is 0 Å². The fourth-order valence-electron chi connectivity index (χ4n) is 2.20. The second-order valence-corrected chi connectivity index (χ2v) is 6.70. The van der Waals surface area contributed by atoms with Crippen LogP contribution >= 0.6 is 27.5 Å². The molecule has 2 N–H and O–H groups in total. The molecule has 0 spiro atoms. The van der Waals surface area contributed by atoms with Crippen LogP contribution in [0.1, 0.15) is 19.8 Å². The number of piperidine rings is 1. The first-order chi connectivity index (χ1) is 9.82. The van der Waals surface area contributed by atoms with Crippen LogP contribution in [0.5, 0.6) is 0 Å². The minimum atomic E-state index is -0.805. The van der Waals surface area contributed by atoms with E-state index < -0.39 is 11.4 Å². The summed E-state index contributed by atoms with van der Waals surface area (Å²) in [6.07, 6.45) is 0.902. The molecule has 5 nitrogen and oxygen atoms in total. The molecule has 2 amide bonds. The Morgan fingerprint density at radius 2 is 2.00 bits per heavy atom. The molecular formula is C14H16BrClN2O3. The van der Waals surface area contributed by atoms with E-state index in [0.29, 0.717) is 36.6 Å². The molecule has 114 valence electrons. The molecule has 1 saturated heterocycles. The predicted octanol–water partition coefficient (Wildman–Crippen LogP) is 3.82. The van der Waals surface area contributed by atoms with Crippen molar-refractivity contribution >= 4 is 45.2 Å². The van der Waals surface area contributed by atoms with Gasteiger partial charge in [-0.2, -0.15) is 0 Å². The first kappa shape index (κ1) is 16.1. The van der Waals surface area contributed by atoms with Gasteiger partial charge < -0.3 is 15.3 Å². The number of hydrogen-bond donors (Lipinski definition) is 2. The van der Waals surface area contributed by atoms with Gasteiger partial charge in [-0.15, -0.1) is 0 Å². The number of carbonyl (C=O) groups excluding carboxylic acids is 1. The van der Waals surface area contributed by atoms with E-state index in [0.717, 1.165) is 4.47 Å². The van der Waals surface area contributed by atoms with Crippen LogP contribution in [-0.2, 0) is 4.79 Å². The second-order valence-electron chi connectivity index (χ2n) is 5.41. The van der Waals surface area contributed by atoms with Crippen molar-refractivity contribution in [3.05, 3.63) is 27.7 Å². The molecular weight excluding hydrogens is 360 g/mol. The van der Waals surface area contributed by atoms with Crippen LogP contribution in [0.25, 0.3) is 0 Å². The van der Waals surface area contributed by atoms with Crippen LogP contribution in [0, 0.1) is 5.41 Å². The van der Waals surface area contributed by atoms with Crippen molar-refractivity contribution in [3.8, 4) is 0 Å². The maximum atomic E-state index is 12.2. The topological polar surface area (TPSA) is 69.6 Å². The van der Waals surface area contributed by atoms with Crippen molar-refractivity contribution in [1.82, 2.24) is 4.90 Å². The Morgan fingerprint density at radius 3 is 2.57 bits per heavy atom. The van der Waals surface area contributed by atoms with Crippen molar-refractivity contribution in [2.24, 2.45) is 5.41 Å². The highest BCUT2D eigenvalue weighted by Gasteiger charge is 2.38. The lowest BCUT2D eigenvalue weighted by Gasteiger charge is -2.36. The summed E-state index contributed by atoms with van der Waals surface area (Å²) in [5, 5.41) is 12.5.